The van der Waals surface area contributed by atoms with Gasteiger partial charge in [0.15, 0.2) is 17.3 Å². The number of rotatable bonds is 15. The minimum absolute atomic E-state index is 0.0454. The summed E-state index contributed by atoms with van der Waals surface area (Å²) in [6.07, 6.45) is 2.57. The molecule has 37 heavy (non-hydrogen) atoms. The highest BCUT2D eigenvalue weighted by molar-refractivity contribution is 6.14. The van der Waals surface area contributed by atoms with Crippen LogP contribution in [0.1, 0.15) is 51.5 Å². The predicted octanol–water partition coefficient (Wildman–Crippen LogP) is 0.895. The van der Waals surface area contributed by atoms with Crippen molar-refractivity contribution in [3.8, 4) is 0 Å². The monoisotopic (exact) mass is 516 g/mol. The first-order valence-electron chi connectivity index (χ1n) is 12.9. The lowest BCUT2D eigenvalue weighted by Crippen LogP contribution is -2.66. The van der Waals surface area contributed by atoms with E-state index in [0.717, 1.165) is 12.0 Å². The molecule has 204 valence electrons. The number of aliphatic imine (C=N–C) groups is 1. The lowest BCUT2D eigenvalue weighted by molar-refractivity contribution is -0.145. The van der Waals surface area contributed by atoms with Gasteiger partial charge in [0.2, 0.25) is 5.91 Å². The molecule has 1 aliphatic rings. The van der Waals surface area contributed by atoms with E-state index in [1.54, 1.807) is 6.92 Å². The fourth-order valence-electron chi connectivity index (χ4n) is 4.74. The summed E-state index contributed by atoms with van der Waals surface area (Å²) in [6, 6.07) is 7.47. The number of likely N-dealkylation sites (tertiary alicyclic amines) is 1. The normalized spacial score (nSPS) is 18.9. The summed E-state index contributed by atoms with van der Waals surface area (Å²) in [5.74, 6) is -1.000. The van der Waals surface area contributed by atoms with Crippen molar-refractivity contribution in [2.24, 2.45) is 16.5 Å². The number of benzene rings is 1. The van der Waals surface area contributed by atoms with E-state index >= 15 is 0 Å². The number of nitrogens with zero attached hydrogens (tertiary/aromatic N) is 2. The average molecular weight is 517 g/mol. The summed E-state index contributed by atoms with van der Waals surface area (Å²) in [5, 5.41) is 5.46. The first kappa shape index (κ1) is 29.8. The lowest BCUT2D eigenvalue weighted by Gasteiger charge is -2.38. The Morgan fingerprint density at radius 1 is 1.19 bits per heavy atom. The van der Waals surface area contributed by atoms with Crippen LogP contribution in [0.15, 0.2) is 35.3 Å². The number of nitrogens with two attached hydrogens (primary N) is 2. The largest absolute Gasteiger partial charge is 0.450 e. The summed E-state index contributed by atoms with van der Waals surface area (Å²) >= 11 is 0. The second-order valence-corrected chi connectivity index (χ2v) is 9.09. The molecule has 0 saturated carbocycles. The molecule has 1 aliphatic heterocycles. The first-order chi connectivity index (χ1) is 17.8. The number of alkyl carbamates (subject to hydrolysis) is 1. The molecule has 0 bridgehead atoms. The van der Waals surface area contributed by atoms with Crippen LogP contribution in [0.4, 0.5) is 4.79 Å². The Morgan fingerprint density at radius 2 is 1.92 bits per heavy atom. The van der Waals surface area contributed by atoms with E-state index in [1.165, 1.54) is 0 Å². The van der Waals surface area contributed by atoms with Crippen molar-refractivity contribution in [3.05, 3.63) is 35.9 Å². The minimum atomic E-state index is -1.52. The third kappa shape index (κ3) is 8.28. The number of hydrogen-bond donors (Lipinski definition) is 4. The van der Waals surface area contributed by atoms with Gasteiger partial charge in [-0.25, -0.2) is 4.79 Å². The zero-order valence-electron chi connectivity index (χ0n) is 21.8. The number of ketones is 1. The van der Waals surface area contributed by atoms with Gasteiger partial charge in [0.25, 0.3) is 0 Å². The van der Waals surface area contributed by atoms with Crippen LogP contribution in [0.2, 0.25) is 0 Å². The predicted molar refractivity (Wildman–Crippen MR) is 141 cm³/mol. The smallest absolute Gasteiger partial charge is 0.407 e. The van der Waals surface area contributed by atoms with Gasteiger partial charge in [0, 0.05) is 6.54 Å². The van der Waals surface area contributed by atoms with E-state index in [1.807, 2.05) is 42.2 Å². The van der Waals surface area contributed by atoms with E-state index in [2.05, 4.69) is 15.6 Å². The summed E-state index contributed by atoms with van der Waals surface area (Å²) in [5.41, 5.74) is 10.0. The number of nitrogens with one attached hydrogen (secondary N) is 2. The van der Waals surface area contributed by atoms with Crippen LogP contribution in [-0.4, -0.2) is 78.8 Å². The number of carbonyl (C=O) groups is 4. The molecule has 11 nitrogen and oxygen atoms in total. The fourth-order valence-corrected chi connectivity index (χ4v) is 4.74. The molecule has 0 spiro atoms. The maximum atomic E-state index is 14.2. The van der Waals surface area contributed by atoms with Crippen molar-refractivity contribution in [1.29, 1.82) is 0 Å². The van der Waals surface area contributed by atoms with Crippen LogP contribution in [-0.2, 0) is 25.5 Å². The van der Waals surface area contributed by atoms with E-state index in [-0.39, 0.29) is 25.4 Å². The number of hydrogen-bond acceptors (Lipinski definition) is 7. The third-order valence-electron chi connectivity index (χ3n) is 6.40. The molecule has 0 unspecified atom stereocenters. The Morgan fingerprint density at radius 3 is 2.54 bits per heavy atom. The highest BCUT2D eigenvalue weighted by atomic mass is 16.5. The molecule has 1 fully saturated rings. The van der Waals surface area contributed by atoms with Crippen molar-refractivity contribution in [2.45, 2.75) is 70.0 Å². The van der Waals surface area contributed by atoms with Crippen molar-refractivity contribution >= 4 is 30.0 Å². The van der Waals surface area contributed by atoms with Gasteiger partial charge in [0.1, 0.15) is 6.29 Å². The van der Waals surface area contributed by atoms with Gasteiger partial charge >= 0.3 is 6.09 Å². The molecule has 1 heterocycles. The van der Waals surface area contributed by atoms with Gasteiger partial charge in [-0.3, -0.25) is 19.5 Å². The van der Waals surface area contributed by atoms with Gasteiger partial charge in [-0.2, -0.15) is 0 Å². The van der Waals surface area contributed by atoms with Crippen LogP contribution in [0.5, 0.6) is 0 Å². The summed E-state index contributed by atoms with van der Waals surface area (Å²) in [6.45, 7) is 5.19. The van der Waals surface area contributed by atoms with Crippen LogP contribution < -0.4 is 22.1 Å². The zero-order chi connectivity index (χ0) is 27.3. The van der Waals surface area contributed by atoms with Crippen LogP contribution in [0, 0.1) is 0 Å². The minimum Gasteiger partial charge on any atom is -0.450 e. The third-order valence-corrected chi connectivity index (χ3v) is 6.40. The molecule has 11 heteroatoms. The Kier molecular flexibility index (Phi) is 12.0. The molecule has 2 amide bonds. The average Bonchev–Trinajstić information content (AvgIpc) is 3.30. The molecule has 0 aliphatic carbocycles. The second kappa shape index (κ2) is 14.9. The lowest BCUT2D eigenvalue weighted by atomic mass is 9.83. The highest BCUT2D eigenvalue weighted by Crippen LogP contribution is 2.33. The van der Waals surface area contributed by atoms with E-state index in [0.29, 0.717) is 45.2 Å². The molecular formula is C26H40N6O5. The molecular weight excluding hydrogens is 476 g/mol. The highest BCUT2D eigenvalue weighted by Gasteiger charge is 2.55. The SMILES string of the molecule is CCCN1CCC[C@]1(C(=O)N[C@H](C=O)CCCN=C(N)N)C(=O)[C@H](Cc1ccccc1)NC(=O)OCC. The Bertz CT molecular complexity index is 937. The zero-order valence-corrected chi connectivity index (χ0v) is 21.8. The number of amides is 2. The Labute approximate surface area is 218 Å². The summed E-state index contributed by atoms with van der Waals surface area (Å²) in [4.78, 5) is 58.0. The topological polar surface area (TPSA) is 169 Å². The van der Waals surface area contributed by atoms with Crippen molar-refractivity contribution in [2.75, 3.05) is 26.2 Å². The van der Waals surface area contributed by atoms with E-state index < -0.39 is 35.4 Å². The number of Topliss-reactive ketones (excluding diaryl/α,β-unsaturated/α-hetero) is 1. The van der Waals surface area contributed by atoms with Gasteiger partial charge in [-0.05, 0) is 64.1 Å². The number of carbonyl (C=O) groups excluding carboxylic acids is 4. The summed E-state index contributed by atoms with van der Waals surface area (Å²) in [7, 11) is 0. The van der Waals surface area contributed by atoms with Crippen LogP contribution >= 0.6 is 0 Å². The van der Waals surface area contributed by atoms with Gasteiger partial charge < -0.3 is 31.6 Å². The molecule has 0 radical (unpaired) electrons. The maximum absolute atomic E-state index is 14.2. The second-order valence-electron chi connectivity index (χ2n) is 9.09. The fraction of sp³-hybridized carbons (Fsp3) is 0.577. The first-order valence-corrected chi connectivity index (χ1v) is 12.9. The molecule has 1 aromatic rings. The maximum Gasteiger partial charge on any atom is 0.407 e. The quantitative estimate of drug-likeness (QED) is 0.0876. The molecule has 6 N–H and O–H groups in total. The standard InChI is InChI=1S/C26H40N6O5/c1-3-15-32-16-9-13-26(32,23(35)30-20(18-33)12-8-14-29-24(27)28)22(34)21(31-25(36)37-4-2)17-19-10-6-5-7-11-19/h5-7,10-11,18,20-21H,3-4,8-9,12-17H2,1-2H3,(H,30,35)(H,31,36)(H4,27,28,29)/t20-,21-,26+/m0/s1. The Balaban J connectivity index is 2.36. The van der Waals surface area contributed by atoms with Gasteiger partial charge in [-0.1, -0.05) is 37.3 Å². The van der Waals surface area contributed by atoms with Crippen molar-refractivity contribution in [1.82, 2.24) is 15.5 Å². The molecule has 2 rings (SSSR count). The summed E-state index contributed by atoms with van der Waals surface area (Å²) < 4.78 is 5.05. The molecule has 1 aromatic carbocycles. The molecule has 1 saturated heterocycles. The van der Waals surface area contributed by atoms with E-state index in [4.69, 9.17) is 16.2 Å². The van der Waals surface area contributed by atoms with Crippen LogP contribution in [0.3, 0.4) is 0 Å². The molecule has 3 atom stereocenters. The number of ether oxygens (including phenoxy) is 1. The van der Waals surface area contributed by atoms with Gasteiger partial charge in [0.05, 0.1) is 18.7 Å². The van der Waals surface area contributed by atoms with E-state index in [9.17, 15) is 19.2 Å². The number of aldehydes is 1. The van der Waals surface area contributed by atoms with Crippen molar-refractivity contribution in [3.63, 3.8) is 0 Å². The van der Waals surface area contributed by atoms with Gasteiger partial charge in [-0.15, -0.1) is 0 Å². The van der Waals surface area contributed by atoms with Crippen LogP contribution in [0.25, 0.3) is 0 Å². The number of guanidine groups is 1. The Hall–Kier alpha value is -3.47. The molecule has 0 aromatic heterocycles. The van der Waals surface area contributed by atoms with Crippen molar-refractivity contribution < 1.29 is 23.9 Å².